The van der Waals surface area contributed by atoms with E-state index in [-0.39, 0.29) is 17.7 Å². The highest BCUT2D eigenvalue weighted by atomic mass is 16.2. The number of Topliss-reactive ketones (excluding diaryl/α,β-unsaturated/α-hetero) is 1. The first-order chi connectivity index (χ1) is 12.5. The maximum atomic E-state index is 13.0. The monoisotopic (exact) mass is 353 g/mol. The van der Waals surface area contributed by atoms with Crippen molar-refractivity contribution in [3.8, 4) is 0 Å². The molecule has 5 heteroatoms. The van der Waals surface area contributed by atoms with Crippen molar-refractivity contribution in [1.29, 1.82) is 0 Å². The van der Waals surface area contributed by atoms with Crippen LogP contribution in [0.3, 0.4) is 0 Å². The van der Waals surface area contributed by atoms with E-state index in [4.69, 9.17) is 5.73 Å². The molecule has 0 saturated carbocycles. The number of benzene rings is 2. The molecule has 1 amide bonds. The van der Waals surface area contributed by atoms with Crippen LogP contribution in [0.25, 0.3) is 10.8 Å². The lowest BCUT2D eigenvalue weighted by Gasteiger charge is -2.26. The number of hydrogen-bond donors (Lipinski definition) is 2. The molecule has 3 N–H and O–H groups in total. The highest BCUT2D eigenvalue weighted by Gasteiger charge is 2.33. The van der Waals surface area contributed by atoms with Crippen LogP contribution in [0.4, 0.5) is 0 Å². The summed E-state index contributed by atoms with van der Waals surface area (Å²) < 4.78 is 0. The highest BCUT2D eigenvalue weighted by molar-refractivity contribution is 6.03. The summed E-state index contributed by atoms with van der Waals surface area (Å²) in [4.78, 5) is 25.3. The summed E-state index contributed by atoms with van der Waals surface area (Å²) in [6.45, 7) is 4.74. The van der Waals surface area contributed by atoms with Gasteiger partial charge in [0.1, 0.15) is 0 Å². The van der Waals surface area contributed by atoms with E-state index in [1.165, 1.54) is 0 Å². The molecule has 2 aromatic carbocycles. The number of nitrogens with one attached hydrogen (secondary N) is 1. The second kappa shape index (κ2) is 7.98. The van der Waals surface area contributed by atoms with Gasteiger partial charge in [-0.25, -0.2) is 5.01 Å². The molecule has 1 unspecified atom stereocenters. The molecule has 138 valence electrons. The Morgan fingerprint density at radius 2 is 1.92 bits per heavy atom. The van der Waals surface area contributed by atoms with Crippen LogP contribution >= 0.6 is 0 Å². The topological polar surface area (TPSA) is 75.4 Å². The third-order valence-electron chi connectivity index (χ3n) is 4.91. The summed E-state index contributed by atoms with van der Waals surface area (Å²) in [5.41, 5.74) is 9.52. The number of carbonyl (C=O) groups is 2. The minimum absolute atomic E-state index is 0.0472. The molecule has 0 spiro atoms. The number of hydrogen-bond acceptors (Lipinski definition) is 4. The van der Waals surface area contributed by atoms with Crippen LogP contribution in [0.2, 0.25) is 0 Å². The predicted octanol–water partition coefficient (Wildman–Crippen LogP) is 2.89. The van der Waals surface area contributed by atoms with Crippen molar-refractivity contribution in [2.45, 2.75) is 45.2 Å². The van der Waals surface area contributed by atoms with Gasteiger partial charge in [0.05, 0.1) is 12.1 Å². The van der Waals surface area contributed by atoms with Crippen LogP contribution in [-0.4, -0.2) is 35.3 Å². The van der Waals surface area contributed by atoms with E-state index in [9.17, 15) is 9.59 Å². The summed E-state index contributed by atoms with van der Waals surface area (Å²) in [6, 6.07) is 12.9. The predicted molar refractivity (Wildman–Crippen MR) is 104 cm³/mol. The standard InChI is InChI=1S/C21H27N3O2/c1-14(2)12-18(22)21(26)23-24-11-5-8-19(24)20(25)17-10-9-15-6-3-4-7-16(15)13-17/h3-4,6-7,9-10,13-14,18-19H,5,8,11-12,22H2,1-2H3,(H,23,26)/t18-,19?/m0/s1. The number of carbonyl (C=O) groups excluding carboxylic acids is 2. The third-order valence-corrected chi connectivity index (χ3v) is 4.91. The first-order valence-corrected chi connectivity index (χ1v) is 9.31. The molecular weight excluding hydrogens is 326 g/mol. The van der Waals surface area contributed by atoms with E-state index in [2.05, 4.69) is 5.43 Å². The lowest BCUT2D eigenvalue weighted by atomic mass is 9.99. The second-order valence-electron chi connectivity index (χ2n) is 7.49. The van der Waals surface area contributed by atoms with Gasteiger partial charge in [0.2, 0.25) is 0 Å². The first-order valence-electron chi connectivity index (χ1n) is 9.31. The smallest absolute Gasteiger partial charge is 0.251 e. The van der Waals surface area contributed by atoms with Crippen molar-refractivity contribution in [1.82, 2.24) is 10.4 Å². The summed E-state index contributed by atoms with van der Waals surface area (Å²) >= 11 is 0. The van der Waals surface area contributed by atoms with Crippen molar-refractivity contribution in [3.63, 3.8) is 0 Å². The number of amides is 1. The summed E-state index contributed by atoms with van der Waals surface area (Å²) in [6.07, 6.45) is 2.25. The number of nitrogens with zero attached hydrogens (tertiary/aromatic N) is 1. The van der Waals surface area contributed by atoms with Crippen molar-refractivity contribution in [3.05, 3.63) is 48.0 Å². The molecule has 1 aliphatic heterocycles. The SMILES string of the molecule is CC(C)C[C@H](N)C(=O)NN1CCCC1C(=O)c1ccc2ccccc2c1. The highest BCUT2D eigenvalue weighted by Crippen LogP contribution is 2.22. The summed E-state index contributed by atoms with van der Waals surface area (Å²) in [5, 5.41) is 3.92. The van der Waals surface area contributed by atoms with E-state index < -0.39 is 6.04 Å². The zero-order chi connectivity index (χ0) is 18.7. The number of rotatable bonds is 6. The fourth-order valence-electron chi connectivity index (χ4n) is 3.55. The van der Waals surface area contributed by atoms with E-state index in [0.29, 0.717) is 24.4 Å². The Balaban J connectivity index is 1.72. The molecule has 0 aromatic heterocycles. The van der Waals surface area contributed by atoms with Gasteiger partial charge in [-0.15, -0.1) is 0 Å². The van der Waals surface area contributed by atoms with Gasteiger partial charge in [0.25, 0.3) is 5.91 Å². The molecule has 0 radical (unpaired) electrons. The van der Waals surface area contributed by atoms with E-state index >= 15 is 0 Å². The fraction of sp³-hybridized carbons (Fsp3) is 0.429. The van der Waals surface area contributed by atoms with Gasteiger partial charge in [-0.1, -0.05) is 50.2 Å². The third kappa shape index (κ3) is 4.11. The largest absolute Gasteiger partial charge is 0.320 e. The normalized spacial score (nSPS) is 19.0. The van der Waals surface area contributed by atoms with Gasteiger partial charge in [0, 0.05) is 12.1 Å². The van der Waals surface area contributed by atoms with Crippen LogP contribution in [0, 0.1) is 5.92 Å². The maximum Gasteiger partial charge on any atom is 0.251 e. The Kier molecular flexibility index (Phi) is 5.69. The Morgan fingerprint density at radius 3 is 2.65 bits per heavy atom. The molecule has 26 heavy (non-hydrogen) atoms. The van der Waals surface area contributed by atoms with Gasteiger partial charge >= 0.3 is 0 Å². The molecular formula is C21H27N3O2. The zero-order valence-electron chi connectivity index (χ0n) is 15.4. The second-order valence-corrected chi connectivity index (χ2v) is 7.49. The molecule has 1 saturated heterocycles. The Bertz CT molecular complexity index is 803. The molecule has 1 heterocycles. The molecule has 0 aliphatic carbocycles. The van der Waals surface area contributed by atoms with Crippen molar-refractivity contribution in [2.24, 2.45) is 11.7 Å². The van der Waals surface area contributed by atoms with E-state index in [0.717, 1.165) is 23.6 Å². The zero-order valence-corrected chi connectivity index (χ0v) is 15.4. The first kappa shape index (κ1) is 18.5. The molecule has 0 bridgehead atoms. The Hall–Kier alpha value is -2.24. The van der Waals surface area contributed by atoms with Crippen LogP contribution in [0.15, 0.2) is 42.5 Å². The molecule has 2 aromatic rings. The molecule has 1 aliphatic rings. The van der Waals surface area contributed by atoms with Gasteiger partial charge < -0.3 is 5.73 Å². The van der Waals surface area contributed by atoms with Crippen LogP contribution in [0.5, 0.6) is 0 Å². The van der Waals surface area contributed by atoms with E-state index in [1.807, 2.05) is 56.3 Å². The number of ketones is 1. The van der Waals surface area contributed by atoms with Crippen LogP contribution in [-0.2, 0) is 4.79 Å². The van der Waals surface area contributed by atoms with Gasteiger partial charge in [-0.05, 0) is 42.0 Å². The molecule has 5 nitrogen and oxygen atoms in total. The van der Waals surface area contributed by atoms with Crippen molar-refractivity contribution < 1.29 is 9.59 Å². The minimum Gasteiger partial charge on any atom is -0.320 e. The Morgan fingerprint density at radius 1 is 1.19 bits per heavy atom. The fourth-order valence-corrected chi connectivity index (χ4v) is 3.55. The number of hydrazine groups is 1. The number of fused-ring (bicyclic) bond motifs is 1. The number of nitrogens with two attached hydrogens (primary N) is 1. The van der Waals surface area contributed by atoms with Gasteiger partial charge in [0.15, 0.2) is 5.78 Å². The molecule has 1 fully saturated rings. The van der Waals surface area contributed by atoms with Crippen molar-refractivity contribution in [2.75, 3.05) is 6.54 Å². The average Bonchev–Trinajstić information content (AvgIpc) is 3.08. The summed E-state index contributed by atoms with van der Waals surface area (Å²) in [5.74, 6) is 0.187. The average molecular weight is 353 g/mol. The maximum absolute atomic E-state index is 13.0. The van der Waals surface area contributed by atoms with Crippen LogP contribution < -0.4 is 11.2 Å². The molecule has 2 atom stereocenters. The lowest BCUT2D eigenvalue weighted by Crippen LogP contribution is -2.53. The van der Waals surface area contributed by atoms with Crippen molar-refractivity contribution >= 4 is 22.5 Å². The van der Waals surface area contributed by atoms with Gasteiger partial charge in [-0.3, -0.25) is 15.0 Å². The quantitative estimate of drug-likeness (QED) is 0.783. The Labute approximate surface area is 154 Å². The minimum atomic E-state index is -0.549. The van der Waals surface area contributed by atoms with E-state index in [1.54, 1.807) is 5.01 Å². The lowest BCUT2D eigenvalue weighted by molar-refractivity contribution is -0.127. The summed E-state index contributed by atoms with van der Waals surface area (Å²) in [7, 11) is 0. The van der Waals surface area contributed by atoms with Gasteiger partial charge in [-0.2, -0.15) is 0 Å². The molecule has 3 rings (SSSR count). The van der Waals surface area contributed by atoms with Crippen LogP contribution in [0.1, 0.15) is 43.5 Å².